The molecule has 3 rings (SSSR count). The smallest absolute Gasteiger partial charge is 0.339 e. The first-order valence-corrected chi connectivity index (χ1v) is 9.69. The molecule has 0 spiro atoms. The summed E-state index contributed by atoms with van der Waals surface area (Å²) in [6.07, 6.45) is 0. The highest BCUT2D eigenvalue weighted by Gasteiger charge is 2.19. The maximum atomic E-state index is 12.4. The van der Waals surface area contributed by atoms with Crippen LogP contribution >= 0.6 is 0 Å². The van der Waals surface area contributed by atoms with Gasteiger partial charge in [0.05, 0.1) is 12.2 Å². The number of nitrogens with zero attached hydrogens (tertiary/aromatic N) is 4. The van der Waals surface area contributed by atoms with Gasteiger partial charge in [0.25, 0.3) is 0 Å². The maximum absolute atomic E-state index is 12.4. The second kappa shape index (κ2) is 9.70. The lowest BCUT2D eigenvalue weighted by Gasteiger charge is -2.10. The molecule has 3 aromatic rings. The van der Waals surface area contributed by atoms with Gasteiger partial charge in [0.15, 0.2) is 12.4 Å². The van der Waals surface area contributed by atoms with E-state index in [9.17, 15) is 9.59 Å². The fourth-order valence-electron chi connectivity index (χ4n) is 2.99. The van der Waals surface area contributed by atoms with Gasteiger partial charge < -0.3 is 25.1 Å². The van der Waals surface area contributed by atoms with Crippen LogP contribution in [0.4, 0.5) is 17.6 Å². The summed E-state index contributed by atoms with van der Waals surface area (Å²) in [6, 6.07) is 11.0. The molecule has 0 aliphatic rings. The minimum Gasteiger partial charge on any atom is -0.462 e. The number of aromatic nitrogens is 4. The number of nitrogens with two attached hydrogens (primary N) is 1. The van der Waals surface area contributed by atoms with Crippen LogP contribution in [0, 0.1) is 13.8 Å². The number of anilines is 3. The van der Waals surface area contributed by atoms with E-state index in [0.717, 1.165) is 11.4 Å². The van der Waals surface area contributed by atoms with Gasteiger partial charge in [0.1, 0.15) is 6.54 Å². The molecule has 10 heteroatoms. The number of hydrogen-bond donors (Lipinski definition) is 2. The number of carbonyl (C=O) groups excluding carboxylic acids is 2. The first kappa shape index (κ1) is 21.8. The summed E-state index contributed by atoms with van der Waals surface area (Å²) in [7, 11) is 0. The molecule has 0 fully saturated rings. The van der Waals surface area contributed by atoms with E-state index in [4.69, 9.17) is 15.2 Å². The number of aryl methyl sites for hydroxylation is 1. The zero-order valence-corrected chi connectivity index (χ0v) is 17.6. The number of rotatable bonds is 8. The fraction of sp³-hybridized carbons (Fsp3) is 0.286. The molecule has 10 nitrogen and oxygen atoms in total. The van der Waals surface area contributed by atoms with Crippen LogP contribution in [0.15, 0.2) is 36.4 Å². The lowest BCUT2D eigenvalue weighted by molar-refractivity contribution is -0.146. The van der Waals surface area contributed by atoms with Crippen molar-refractivity contribution in [2.45, 2.75) is 33.9 Å². The molecule has 0 aliphatic heterocycles. The molecule has 31 heavy (non-hydrogen) atoms. The highest BCUT2D eigenvalue weighted by Crippen LogP contribution is 2.17. The SMILES string of the molecule is CCOC(=O)c1cc(C)n(CC(=O)OCc2nc(N)nc(Nc3ccccc3)n2)c1C. The molecule has 0 unspecified atom stereocenters. The van der Waals surface area contributed by atoms with Gasteiger partial charge >= 0.3 is 11.9 Å². The number of esters is 2. The normalized spacial score (nSPS) is 10.5. The molecule has 0 aliphatic carbocycles. The molecule has 0 amide bonds. The average molecular weight is 424 g/mol. The maximum Gasteiger partial charge on any atom is 0.339 e. The monoisotopic (exact) mass is 424 g/mol. The van der Waals surface area contributed by atoms with Crippen LogP contribution in [0.1, 0.15) is 34.5 Å². The van der Waals surface area contributed by atoms with Gasteiger partial charge in [0, 0.05) is 17.1 Å². The first-order valence-electron chi connectivity index (χ1n) is 9.69. The Morgan fingerprint density at radius 3 is 2.55 bits per heavy atom. The number of para-hydroxylation sites is 1. The number of nitrogen functional groups attached to an aromatic ring is 1. The van der Waals surface area contributed by atoms with E-state index in [1.807, 2.05) is 30.3 Å². The second-order valence-corrected chi connectivity index (χ2v) is 6.68. The topological polar surface area (TPSA) is 134 Å². The van der Waals surface area contributed by atoms with E-state index in [2.05, 4.69) is 20.3 Å². The van der Waals surface area contributed by atoms with Gasteiger partial charge in [-0.1, -0.05) is 18.2 Å². The van der Waals surface area contributed by atoms with Crippen LogP contribution in [-0.4, -0.2) is 38.1 Å². The zero-order valence-electron chi connectivity index (χ0n) is 17.6. The summed E-state index contributed by atoms with van der Waals surface area (Å²) < 4.78 is 12.0. The third-order valence-electron chi connectivity index (χ3n) is 4.45. The van der Waals surface area contributed by atoms with Gasteiger partial charge in [0.2, 0.25) is 11.9 Å². The quantitative estimate of drug-likeness (QED) is 0.523. The summed E-state index contributed by atoms with van der Waals surface area (Å²) in [5, 5.41) is 3.02. The summed E-state index contributed by atoms with van der Waals surface area (Å²) in [5.74, 6) is -0.452. The van der Waals surface area contributed by atoms with E-state index in [0.29, 0.717) is 11.3 Å². The zero-order chi connectivity index (χ0) is 22.4. The fourth-order valence-corrected chi connectivity index (χ4v) is 2.99. The van der Waals surface area contributed by atoms with Crippen molar-refractivity contribution in [3.63, 3.8) is 0 Å². The van der Waals surface area contributed by atoms with E-state index in [1.54, 1.807) is 31.4 Å². The summed E-state index contributed by atoms with van der Waals surface area (Å²) in [6.45, 7) is 5.34. The third-order valence-corrected chi connectivity index (χ3v) is 4.45. The van der Waals surface area contributed by atoms with Crippen molar-refractivity contribution >= 4 is 29.5 Å². The third kappa shape index (κ3) is 5.56. The van der Waals surface area contributed by atoms with Gasteiger partial charge in [-0.2, -0.15) is 15.0 Å². The Labute approximate surface area is 179 Å². The first-order chi connectivity index (χ1) is 14.9. The van der Waals surface area contributed by atoms with E-state index < -0.39 is 11.9 Å². The summed E-state index contributed by atoms with van der Waals surface area (Å²) in [4.78, 5) is 36.7. The standard InChI is InChI=1S/C21H24N6O4/c1-4-30-19(29)16-10-13(2)27(14(16)3)11-18(28)31-12-17-24-20(22)26-21(25-17)23-15-8-6-5-7-9-15/h5-10H,4,11-12H2,1-3H3,(H3,22,23,24,25,26). The average Bonchev–Trinajstić information content (AvgIpc) is 3.01. The number of nitrogens with one attached hydrogen (secondary N) is 1. The lowest BCUT2D eigenvalue weighted by Crippen LogP contribution is -2.17. The van der Waals surface area contributed by atoms with Crippen molar-refractivity contribution in [3.8, 4) is 0 Å². The van der Waals surface area contributed by atoms with Crippen LogP contribution in [0.5, 0.6) is 0 Å². The molecule has 2 heterocycles. The molecular formula is C21H24N6O4. The molecule has 2 aromatic heterocycles. The summed E-state index contributed by atoms with van der Waals surface area (Å²) in [5.41, 5.74) is 8.33. The molecule has 3 N–H and O–H groups in total. The largest absolute Gasteiger partial charge is 0.462 e. The molecule has 0 saturated carbocycles. The molecule has 0 radical (unpaired) electrons. The van der Waals surface area contributed by atoms with Crippen LogP contribution in [-0.2, 0) is 27.4 Å². The van der Waals surface area contributed by atoms with Crippen molar-refractivity contribution in [1.29, 1.82) is 0 Å². The highest BCUT2D eigenvalue weighted by atomic mass is 16.5. The Hall–Kier alpha value is -3.95. The Kier molecular flexibility index (Phi) is 6.81. The predicted octanol–water partition coefficient (Wildman–Crippen LogP) is 2.54. The van der Waals surface area contributed by atoms with Crippen LogP contribution in [0.3, 0.4) is 0 Å². The lowest BCUT2D eigenvalue weighted by atomic mass is 10.2. The Bertz CT molecular complexity index is 1080. The van der Waals surface area contributed by atoms with Gasteiger partial charge in [-0.3, -0.25) is 4.79 Å². The minimum absolute atomic E-state index is 0.00987. The molecule has 0 atom stereocenters. The van der Waals surface area contributed by atoms with Crippen molar-refractivity contribution in [2.24, 2.45) is 0 Å². The Morgan fingerprint density at radius 2 is 1.84 bits per heavy atom. The van der Waals surface area contributed by atoms with E-state index in [-0.39, 0.29) is 37.5 Å². The second-order valence-electron chi connectivity index (χ2n) is 6.68. The highest BCUT2D eigenvalue weighted by molar-refractivity contribution is 5.91. The molecule has 0 bridgehead atoms. The van der Waals surface area contributed by atoms with E-state index >= 15 is 0 Å². The molecule has 162 valence electrons. The van der Waals surface area contributed by atoms with Gasteiger partial charge in [-0.25, -0.2) is 4.79 Å². The van der Waals surface area contributed by atoms with Crippen molar-refractivity contribution in [3.05, 3.63) is 59.2 Å². The summed E-state index contributed by atoms with van der Waals surface area (Å²) >= 11 is 0. The number of ether oxygens (including phenoxy) is 2. The molecule has 0 saturated heterocycles. The van der Waals surface area contributed by atoms with Crippen LogP contribution < -0.4 is 11.1 Å². The Balaban J connectivity index is 1.64. The molecule has 1 aromatic carbocycles. The van der Waals surface area contributed by atoms with Crippen molar-refractivity contribution < 1.29 is 19.1 Å². The molecular weight excluding hydrogens is 400 g/mol. The van der Waals surface area contributed by atoms with Crippen LogP contribution in [0.25, 0.3) is 0 Å². The van der Waals surface area contributed by atoms with Gasteiger partial charge in [-0.15, -0.1) is 0 Å². The number of benzene rings is 1. The Morgan fingerprint density at radius 1 is 1.10 bits per heavy atom. The minimum atomic E-state index is -0.506. The number of hydrogen-bond acceptors (Lipinski definition) is 9. The van der Waals surface area contributed by atoms with Crippen LogP contribution in [0.2, 0.25) is 0 Å². The van der Waals surface area contributed by atoms with Gasteiger partial charge in [-0.05, 0) is 39.0 Å². The number of carbonyl (C=O) groups is 2. The predicted molar refractivity (Wildman–Crippen MR) is 114 cm³/mol. The van der Waals surface area contributed by atoms with E-state index in [1.165, 1.54) is 0 Å². The van der Waals surface area contributed by atoms with Crippen molar-refractivity contribution in [2.75, 3.05) is 17.7 Å². The van der Waals surface area contributed by atoms with Crippen molar-refractivity contribution in [1.82, 2.24) is 19.5 Å².